The van der Waals surface area contributed by atoms with Crippen LogP contribution in [0.4, 0.5) is 17.6 Å². The van der Waals surface area contributed by atoms with E-state index in [0.29, 0.717) is 0 Å². The van der Waals surface area contributed by atoms with Crippen molar-refractivity contribution in [3.63, 3.8) is 0 Å². The van der Waals surface area contributed by atoms with E-state index < -0.39 is 32.7 Å². The van der Waals surface area contributed by atoms with Crippen molar-refractivity contribution in [1.29, 1.82) is 0 Å². The largest absolute Gasteiger partial charge is 0.522 e. The quantitative estimate of drug-likeness (QED) is 0.631. The summed E-state index contributed by atoms with van der Waals surface area (Å²) in [6.07, 6.45) is -3.81. The maximum absolute atomic E-state index is 13.8. The van der Waals surface area contributed by atoms with Crippen LogP contribution in [-0.2, 0) is 20.3 Å². The number of alkyl halides is 3. The van der Waals surface area contributed by atoms with Gasteiger partial charge in [0.05, 0.1) is 17.5 Å². The molecule has 0 aliphatic heterocycles. The van der Waals surface area contributed by atoms with E-state index in [1.165, 1.54) is 12.1 Å². The van der Waals surface area contributed by atoms with Crippen molar-refractivity contribution in [2.45, 2.75) is 17.8 Å². The van der Waals surface area contributed by atoms with Crippen LogP contribution in [0.1, 0.15) is 0 Å². The van der Waals surface area contributed by atoms with Gasteiger partial charge in [0.25, 0.3) is 9.05 Å². The molecule has 0 saturated heterocycles. The second kappa shape index (κ2) is 5.47. The molecule has 10 heteroatoms. The van der Waals surface area contributed by atoms with Gasteiger partial charge in [-0.2, -0.15) is 0 Å². The van der Waals surface area contributed by atoms with Crippen molar-refractivity contribution in [3.8, 4) is 0 Å². The van der Waals surface area contributed by atoms with Crippen molar-refractivity contribution in [1.82, 2.24) is 4.57 Å². The molecule has 0 bridgehead atoms. The SMILES string of the molecule is O=S(=O)(Cl)c1cn(CCOC(F)(F)F)c2cccc(F)c12. The van der Waals surface area contributed by atoms with Gasteiger partial charge in [0, 0.05) is 23.4 Å². The fraction of sp³-hybridized carbons (Fsp3) is 0.273. The third-order valence-corrected chi connectivity index (χ3v) is 4.01. The van der Waals surface area contributed by atoms with Crippen molar-refractivity contribution >= 4 is 30.6 Å². The van der Waals surface area contributed by atoms with Crippen LogP contribution < -0.4 is 0 Å². The van der Waals surface area contributed by atoms with Crippen LogP contribution in [0.3, 0.4) is 0 Å². The number of rotatable bonds is 4. The molecule has 0 atom stereocenters. The summed E-state index contributed by atoms with van der Waals surface area (Å²) in [4.78, 5) is -0.496. The number of halogens is 5. The summed E-state index contributed by atoms with van der Waals surface area (Å²) >= 11 is 0. The Bertz CT molecular complexity index is 770. The van der Waals surface area contributed by atoms with Gasteiger partial charge >= 0.3 is 6.36 Å². The van der Waals surface area contributed by atoms with Gasteiger partial charge in [0.15, 0.2) is 0 Å². The molecule has 21 heavy (non-hydrogen) atoms. The van der Waals surface area contributed by atoms with Crippen molar-refractivity contribution < 1.29 is 30.7 Å². The molecule has 4 nitrogen and oxygen atoms in total. The molecule has 2 aromatic rings. The summed E-state index contributed by atoms with van der Waals surface area (Å²) in [5.41, 5.74) is 0.111. The van der Waals surface area contributed by atoms with Crippen LogP contribution in [0.5, 0.6) is 0 Å². The molecule has 0 radical (unpaired) electrons. The Labute approximate surface area is 121 Å². The summed E-state index contributed by atoms with van der Waals surface area (Å²) in [7, 11) is 0.974. The first-order chi connectivity index (χ1) is 9.59. The molecule has 1 aromatic carbocycles. The molecule has 0 aliphatic carbocycles. The Morgan fingerprint density at radius 1 is 1.29 bits per heavy atom. The predicted molar refractivity (Wildman–Crippen MR) is 66.9 cm³/mol. The van der Waals surface area contributed by atoms with E-state index in [-0.39, 0.29) is 17.4 Å². The van der Waals surface area contributed by atoms with Gasteiger partial charge in [-0.3, -0.25) is 4.74 Å². The number of fused-ring (bicyclic) bond motifs is 1. The normalized spacial score (nSPS) is 13.0. The molecule has 116 valence electrons. The van der Waals surface area contributed by atoms with E-state index in [9.17, 15) is 26.0 Å². The fourth-order valence-electron chi connectivity index (χ4n) is 1.90. The molecule has 2 rings (SSSR count). The second-order valence-electron chi connectivity index (χ2n) is 4.05. The number of hydrogen-bond donors (Lipinski definition) is 0. The predicted octanol–water partition coefficient (Wildman–Crippen LogP) is 3.24. The van der Waals surface area contributed by atoms with Gasteiger partial charge in [0.1, 0.15) is 10.7 Å². The third-order valence-electron chi connectivity index (χ3n) is 2.68. The number of hydrogen-bond acceptors (Lipinski definition) is 3. The molecule has 0 unspecified atom stereocenters. The van der Waals surface area contributed by atoms with Gasteiger partial charge < -0.3 is 4.57 Å². The molecular formula is C11H8ClF4NO3S. The summed E-state index contributed by atoms with van der Waals surface area (Å²) < 4.78 is 77.1. The lowest BCUT2D eigenvalue weighted by Gasteiger charge is -2.08. The Morgan fingerprint density at radius 2 is 1.95 bits per heavy atom. The molecule has 1 heterocycles. The molecule has 0 spiro atoms. The lowest BCUT2D eigenvalue weighted by atomic mass is 10.2. The standard InChI is InChI=1S/C11H8ClF4NO3S/c12-21(18,19)9-6-17(4-5-20-11(14,15)16)8-3-1-2-7(13)10(8)9/h1-3,6H,4-5H2. The molecule has 1 aromatic heterocycles. The highest BCUT2D eigenvalue weighted by Crippen LogP contribution is 2.30. The zero-order valence-corrected chi connectivity index (χ0v) is 11.8. The van der Waals surface area contributed by atoms with Gasteiger partial charge in [-0.25, -0.2) is 12.8 Å². The summed E-state index contributed by atoms with van der Waals surface area (Å²) in [5.74, 6) is -0.831. The van der Waals surface area contributed by atoms with Crippen LogP contribution in [0.2, 0.25) is 0 Å². The first kappa shape index (κ1) is 16.1. The van der Waals surface area contributed by atoms with E-state index in [2.05, 4.69) is 4.74 Å². The zero-order chi connectivity index (χ0) is 15.8. The maximum Gasteiger partial charge on any atom is 0.522 e. The average Bonchev–Trinajstić information content (AvgIpc) is 2.68. The lowest BCUT2D eigenvalue weighted by molar-refractivity contribution is -0.325. The smallest absolute Gasteiger partial charge is 0.344 e. The van der Waals surface area contributed by atoms with Crippen LogP contribution in [0.15, 0.2) is 29.3 Å². The molecule has 0 aliphatic rings. The molecular weight excluding hydrogens is 338 g/mol. The Hall–Kier alpha value is -1.32. The fourth-order valence-corrected chi connectivity index (χ4v) is 2.95. The highest BCUT2D eigenvalue weighted by Gasteiger charge is 2.29. The minimum absolute atomic E-state index is 0.111. The van der Waals surface area contributed by atoms with Gasteiger partial charge in [-0.1, -0.05) is 6.07 Å². The van der Waals surface area contributed by atoms with E-state index in [4.69, 9.17) is 10.7 Å². The topological polar surface area (TPSA) is 48.3 Å². The summed E-state index contributed by atoms with van der Waals surface area (Å²) in [5, 5.41) is -0.264. The second-order valence-corrected chi connectivity index (χ2v) is 6.59. The molecule has 0 N–H and O–H groups in total. The van der Waals surface area contributed by atoms with Crippen LogP contribution in [0, 0.1) is 5.82 Å². The first-order valence-electron chi connectivity index (χ1n) is 5.52. The van der Waals surface area contributed by atoms with Gasteiger partial charge in [-0.05, 0) is 12.1 Å². The number of nitrogens with zero attached hydrogens (tertiary/aromatic N) is 1. The molecule has 0 saturated carbocycles. The van der Waals surface area contributed by atoms with Gasteiger partial charge in [-0.15, -0.1) is 13.2 Å². The van der Waals surface area contributed by atoms with Gasteiger partial charge in [0.2, 0.25) is 0 Å². The highest BCUT2D eigenvalue weighted by atomic mass is 35.7. The van der Waals surface area contributed by atoms with E-state index in [1.807, 2.05) is 0 Å². The van der Waals surface area contributed by atoms with E-state index in [0.717, 1.165) is 16.8 Å². The highest BCUT2D eigenvalue weighted by molar-refractivity contribution is 8.14. The molecule has 0 fully saturated rings. The van der Waals surface area contributed by atoms with E-state index >= 15 is 0 Å². The third kappa shape index (κ3) is 3.66. The Morgan fingerprint density at radius 3 is 2.52 bits per heavy atom. The number of benzene rings is 1. The summed E-state index contributed by atoms with van der Waals surface area (Å²) in [6.45, 7) is -1.06. The Kier molecular flexibility index (Phi) is 4.18. The Balaban J connectivity index is 2.44. The van der Waals surface area contributed by atoms with Crippen molar-refractivity contribution in [2.24, 2.45) is 0 Å². The van der Waals surface area contributed by atoms with Crippen LogP contribution in [-0.4, -0.2) is 26.0 Å². The minimum atomic E-state index is -4.80. The molecule has 0 amide bonds. The van der Waals surface area contributed by atoms with Crippen LogP contribution >= 0.6 is 10.7 Å². The van der Waals surface area contributed by atoms with Crippen molar-refractivity contribution in [2.75, 3.05) is 6.61 Å². The minimum Gasteiger partial charge on any atom is -0.344 e. The van der Waals surface area contributed by atoms with Crippen LogP contribution in [0.25, 0.3) is 10.9 Å². The maximum atomic E-state index is 13.8. The first-order valence-corrected chi connectivity index (χ1v) is 7.83. The average molecular weight is 346 g/mol. The van der Waals surface area contributed by atoms with Crippen molar-refractivity contribution in [3.05, 3.63) is 30.2 Å². The number of ether oxygens (including phenoxy) is 1. The van der Waals surface area contributed by atoms with E-state index in [1.54, 1.807) is 0 Å². The lowest BCUT2D eigenvalue weighted by Crippen LogP contribution is -2.17. The number of aromatic nitrogens is 1. The zero-order valence-electron chi connectivity index (χ0n) is 10.2. The summed E-state index contributed by atoms with van der Waals surface area (Å²) in [6, 6.07) is 3.71. The monoisotopic (exact) mass is 345 g/mol.